The Hall–Kier alpha value is -6.86. The van der Waals surface area contributed by atoms with E-state index in [1.54, 1.807) is 20.8 Å². The molecule has 0 saturated carbocycles. The molecule has 0 spiro atoms. The predicted octanol–water partition coefficient (Wildman–Crippen LogP) is 1.59. The molecule has 0 fully saturated rings. The third-order valence-electron chi connectivity index (χ3n) is 10.5. The van der Waals surface area contributed by atoms with Crippen molar-refractivity contribution < 1.29 is 66.1 Å². The summed E-state index contributed by atoms with van der Waals surface area (Å²) in [5.74, 6) is -7.58. The number of nitrogens with one attached hydrogen (secondary N) is 5. The zero-order valence-electron chi connectivity index (χ0n) is 38.4. The number of aliphatic hydroxyl groups is 1. The quantitative estimate of drug-likeness (QED) is 0.0474. The molecule has 3 aromatic rings. The average Bonchev–Trinajstić information content (AvgIpc) is 3.60. The summed E-state index contributed by atoms with van der Waals surface area (Å²) >= 11 is 0. The van der Waals surface area contributed by atoms with Crippen molar-refractivity contribution in [1.29, 1.82) is 0 Å². The van der Waals surface area contributed by atoms with Gasteiger partial charge in [-0.15, -0.1) is 0 Å². The summed E-state index contributed by atoms with van der Waals surface area (Å²) in [6.45, 7) is 9.98. The van der Waals surface area contributed by atoms with Crippen LogP contribution in [0.2, 0.25) is 0 Å². The highest BCUT2D eigenvalue weighted by atomic mass is 19.4. The maximum Gasteiger partial charge on any atom is 0.471 e. The standard InChI is InChI=1S/C43H55F3N10O12/c1-24(2)35(61)53-40-52-34-33(37(63)54-40)50-26(22-49-34)23-56(39(65)43(44,45)46)27-10-8-25(9-11-27)36(62)51-28(38(64)66-7)12-13-29(57)47-17-20-67-42(6,41(3,4)5)68-21-18-48-30(58)16-19-55-31(59)14-15-32(55)60/h8-11,14-15,22,24,28,31,59H,12-13,16-21,23H2,1-7H3,(H,47,57)(H,48,58)(H,51,62)(H2,49,52,53,54,61,63)/t28-,31?,42?/m0/s1. The minimum absolute atomic E-state index is 0.000380. The van der Waals surface area contributed by atoms with Crippen molar-refractivity contribution in [3.8, 4) is 0 Å². The van der Waals surface area contributed by atoms with Gasteiger partial charge in [-0.25, -0.2) is 14.8 Å². The lowest BCUT2D eigenvalue weighted by atomic mass is 9.86. The average molecular weight is 961 g/mol. The van der Waals surface area contributed by atoms with Gasteiger partial charge in [-0.1, -0.05) is 34.6 Å². The number of aliphatic hydroxyl groups excluding tert-OH is 1. The topological polar surface area (TPSA) is 294 Å². The van der Waals surface area contributed by atoms with E-state index in [-0.39, 0.29) is 98.0 Å². The minimum Gasteiger partial charge on any atom is -0.467 e. The van der Waals surface area contributed by atoms with Gasteiger partial charge in [0.2, 0.25) is 29.6 Å². The van der Waals surface area contributed by atoms with E-state index < -0.39 is 77.3 Å². The molecule has 22 nitrogen and oxygen atoms in total. The number of esters is 1. The van der Waals surface area contributed by atoms with E-state index in [4.69, 9.17) is 14.2 Å². The summed E-state index contributed by atoms with van der Waals surface area (Å²) in [5, 5.41) is 20.0. The molecule has 3 heterocycles. The third-order valence-corrected chi connectivity index (χ3v) is 10.5. The van der Waals surface area contributed by atoms with Gasteiger partial charge in [0, 0.05) is 61.1 Å². The number of alkyl halides is 3. The van der Waals surface area contributed by atoms with Gasteiger partial charge >= 0.3 is 18.1 Å². The lowest BCUT2D eigenvalue weighted by Crippen LogP contribution is -2.48. The number of amides is 6. The molecule has 68 heavy (non-hydrogen) atoms. The molecule has 1 aliphatic rings. The fourth-order valence-corrected chi connectivity index (χ4v) is 6.13. The number of benzene rings is 1. The number of H-pyrrole nitrogens is 1. The van der Waals surface area contributed by atoms with Crippen LogP contribution in [-0.4, -0.2) is 136 Å². The van der Waals surface area contributed by atoms with Gasteiger partial charge in [0.15, 0.2) is 17.0 Å². The first-order chi connectivity index (χ1) is 31.8. The Morgan fingerprint density at radius 3 is 2.09 bits per heavy atom. The maximum absolute atomic E-state index is 13.8. The summed E-state index contributed by atoms with van der Waals surface area (Å²) in [6, 6.07) is 2.98. The van der Waals surface area contributed by atoms with Crippen LogP contribution in [0, 0.1) is 11.3 Å². The molecule has 0 radical (unpaired) electrons. The normalized spacial score (nSPS) is 15.1. The molecule has 370 valence electrons. The Kier molecular flexibility index (Phi) is 18.4. The van der Waals surface area contributed by atoms with E-state index in [1.807, 2.05) is 20.8 Å². The van der Waals surface area contributed by atoms with Crippen LogP contribution in [0.4, 0.5) is 24.8 Å². The van der Waals surface area contributed by atoms with Crippen LogP contribution in [0.1, 0.15) is 76.9 Å². The Morgan fingerprint density at radius 2 is 1.54 bits per heavy atom. The highest BCUT2D eigenvalue weighted by molar-refractivity contribution is 6.00. The van der Waals surface area contributed by atoms with Crippen LogP contribution in [0.25, 0.3) is 11.2 Å². The molecule has 0 aliphatic carbocycles. The second kappa shape index (κ2) is 23.2. The number of carbonyl (C=O) groups is 7. The molecule has 0 saturated heterocycles. The van der Waals surface area contributed by atoms with E-state index in [2.05, 4.69) is 41.2 Å². The first-order valence-electron chi connectivity index (χ1n) is 21.3. The number of fused-ring (bicyclic) bond motifs is 1. The first-order valence-corrected chi connectivity index (χ1v) is 21.3. The zero-order valence-corrected chi connectivity index (χ0v) is 38.4. The second-order valence-corrected chi connectivity index (χ2v) is 16.8. The predicted molar refractivity (Wildman–Crippen MR) is 235 cm³/mol. The molecule has 2 unspecified atom stereocenters. The molecule has 4 rings (SSSR count). The van der Waals surface area contributed by atoms with Crippen LogP contribution in [0.3, 0.4) is 0 Å². The monoisotopic (exact) mass is 960 g/mol. The van der Waals surface area contributed by atoms with E-state index >= 15 is 0 Å². The fraction of sp³-hybridized carbons (Fsp3) is 0.512. The number of rotatable bonds is 22. The minimum atomic E-state index is -5.36. The van der Waals surface area contributed by atoms with Gasteiger partial charge in [0.1, 0.15) is 12.3 Å². The van der Waals surface area contributed by atoms with Gasteiger partial charge in [0.05, 0.1) is 38.8 Å². The van der Waals surface area contributed by atoms with Crippen LogP contribution in [0.15, 0.2) is 47.4 Å². The van der Waals surface area contributed by atoms with Crippen molar-refractivity contribution in [3.63, 3.8) is 0 Å². The number of aromatic nitrogens is 4. The van der Waals surface area contributed by atoms with Crippen molar-refractivity contribution in [2.75, 3.05) is 50.2 Å². The summed E-state index contributed by atoms with van der Waals surface area (Å²) in [4.78, 5) is 116. The summed E-state index contributed by atoms with van der Waals surface area (Å²) in [6.07, 6.45) is -3.35. The molecule has 25 heteroatoms. The molecule has 6 N–H and O–H groups in total. The Balaban J connectivity index is 1.30. The number of nitrogens with zero attached hydrogens (tertiary/aromatic N) is 5. The van der Waals surface area contributed by atoms with Gasteiger partial charge in [-0.3, -0.25) is 48.8 Å². The third kappa shape index (κ3) is 14.8. The second-order valence-electron chi connectivity index (χ2n) is 16.8. The Labute approximate surface area is 387 Å². The molecule has 2 aromatic heterocycles. The van der Waals surface area contributed by atoms with E-state index in [0.717, 1.165) is 42.5 Å². The summed E-state index contributed by atoms with van der Waals surface area (Å²) in [7, 11) is 1.07. The summed E-state index contributed by atoms with van der Waals surface area (Å²) in [5.41, 5.74) is -2.72. The molecule has 1 aromatic carbocycles. The van der Waals surface area contributed by atoms with Crippen molar-refractivity contribution >= 4 is 64.2 Å². The van der Waals surface area contributed by atoms with Gasteiger partial charge in [-0.2, -0.15) is 18.2 Å². The Morgan fingerprint density at radius 1 is 0.926 bits per heavy atom. The SMILES string of the molecule is COC(=O)[C@H](CCC(=O)NCCOC(C)(OCCNC(=O)CCN1C(=O)C=CC1O)C(C)(C)C)NC(=O)c1ccc(N(Cc2cnc3nc(NC(=O)C(C)C)[nH]c(=O)c3n2)C(=O)C(F)(F)F)cc1. The van der Waals surface area contributed by atoms with Crippen LogP contribution >= 0.6 is 0 Å². The molecular formula is C43H55F3N10O12. The van der Waals surface area contributed by atoms with Crippen molar-refractivity contribution in [3.05, 3.63) is 64.2 Å². The molecular weight excluding hydrogens is 906 g/mol. The lowest BCUT2D eigenvalue weighted by Gasteiger charge is -2.41. The number of hydrogen-bond acceptors (Lipinski definition) is 15. The number of hydrogen-bond donors (Lipinski definition) is 6. The number of methoxy groups -OCH3 is 1. The summed E-state index contributed by atoms with van der Waals surface area (Å²) < 4.78 is 58.3. The first kappa shape index (κ1) is 53.8. The van der Waals surface area contributed by atoms with Crippen molar-refractivity contribution in [1.82, 2.24) is 40.8 Å². The molecule has 1 aliphatic heterocycles. The zero-order chi connectivity index (χ0) is 50.6. The highest BCUT2D eigenvalue weighted by Gasteiger charge is 2.43. The molecule has 0 bridgehead atoms. The number of carbonyl (C=O) groups excluding carboxylic acids is 7. The van der Waals surface area contributed by atoms with Crippen LogP contribution in [-0.2, 0) is 49.5 Å². The highest BCUT2D eigenvalue weighted by Crippen LogP contribution is 2.34. The molecule has 3 atom stereocenters. The largest absolute Gasteiger partial charge is 0.471 e. The number of aromatic amines is 1. The van der Waals surface area contributed by atoms with Gasteiger partial charge < -0.3 is 40.2 Å². The Bertz CT molecular complexity index is 2420. The van der Waals surface area contributed by atoms with Crippen LogP contribution in [0.5, 0.6) is 0 Å². The van der Waals surface area contributed by atoms with Gasteiger partial charge in [0.25, 0.3) is 11.5 Å². The van der Waals surface area contributed by atoms with E-state index in [1.165, 1.54) is 12.2 Å². The maximum atomic E-state index is 13.8. The van der Waals surface area contributed by atoms with Gasteiger partial charge in [-0.05, 0) is 43.7 Å². The fourth-order valence-electron chi connectivity index (χ4n) is 6.13. The van der Waals surface area contributed by atoms with Crippen LogP contribution < -0.4 is 31.7 Å². The van der Waals surface area contributed by atoms with Crippen molar-refractivity contribution in [2.45, 2.75) is 91.6 Å². The number of ether oxygens (including phenoxy) is 3. The lowest BCUT2D eigenvalue weighted by molar-refractivity contribution is -0.276. The number of halogens is 3. The van der Waals surface area contributed by atoms with E-state index in [9.17, 15) is 56.6 Å². The smallest absolute Gasteiger partial charge is 0.467 e. The van der Waals surface area contributed by atoms with Crippen molar-refractivity contribution in [2.24, 2.45) is 11.3 Å². The molecule has 6 amide bonds. The number of anilines is 2. The van der Waals surface area contributed by atoms with E-state index in [0.29, 0.717) is 4.90 Å².